The number of benzene rings is 2. The summed E-state index contributed by atoms with van der Waals surface area (Å²) < 4.78 is 5.26. The molecule has 0 aliphatic carbocycles. The van der Waals surface area contributed by atoms with Crippen molar-refractivity contribution >= 4 is 28.9 Å². The smallest absolute Gasteiger partial charge is 0.256 e. The lowest BCUT2D eigenvalue weighted by molar-refractivity contribution is -0.119. The summed E-state index contributed by atoms with van der Waals surface area (Å²) in [5, 5.41) is 0.572. The summed E-state index contributed by atoms with van der Waals surface area (Å²) in [4.78, 5) is 16.6. The molecule has 0 N–H and O–H groups in total. The summed E-state index contributed by atoms with van der Waals surface area (Å²) in [6.07, 6.45) is 0.704. The molecule has 0 saturated carbocycles. The van der Waals surface area contributed by atoms with Gasteiger partial charge in [0.2, 0.25) is 0 Å². The maximum atomic E-state index is 12.9. The standard InChI is InChI=1S/C18H16N2O2S/c1-22-15-8-4-7-14(10-15)20-17(21)16-9-12-5-2-3-6-13(12)11-19(16)18(20)23/h2-8,10,16H,9,11H2,1H3/t16-/m1/s1. The fourth-order valence-corrected chi connectivity index (χ4v) is 3.69. The van der Waals surface area contributed by atoms with Crippen LogP contribution in [0.2, 0.25) is 0 Å². The highest BCUT2D eigenvalue weighted by Crippen LogP contribution is 2.34. The Morgan fingerprint density at radius 1 is 1.13 bits per heavy atom. The largest absolute Gasteiger partial charge is 0.497 e. The van der Waals surface area contributed by atoms with Crippen molar-refractivity contribution in [3.8, 4) is 5.75 Å². The second-order valence-electron chi connectivity index (χ2n) is 5.77. The molecular weight excluding hydrogens is 308 g/mol. The van der Waals surface area contributed by atoms with Crippen LogP contribution in [0.4, 0.5) is 5.69 Å². The van der Waals surface area contributed by atoms with Gasteiger partial charge in [0, 0.05) is 19.0 Å². The van der Waals surface area contributed by atoms with E-state index < -0.39 is 0 Å². The number of rotatable bonds is 2. The van der Waals surface area contributed by atoms with Crippen molar-refractivity contribution in [1.82, 2.24) is 4.90 Å². The lowest BCUT2D eigenvalue weighted by Gasteiger charge is -2.30. The number of anilines is 1. The molecule has 0 spiro atoms. The molecule has 1 fully saturated rings. The normalized spacial score (nSPS) is 19.6. The Morgan fingerprint density at radius 3 is 2.70 bits per heavy atom. The van der Waals surface area contributed by atoms with Crippen LogP contribution in [0.15, 0.2) is 48.5 Å². The molecule has 23 heavy (non-hydrogen) atoms. The first-order chi connectivity index (χ1) is 11.2. The minimum atomic E-state index is -0.205. The van der Waals surface area contributed by atoms with Crippen LogP contribution in [-0.2, 0) is 17.8 Å². The van der Waals surface area contributed by atoms with E-state index in [1.807, 2.05) is 41.3 Å². The molecule has 1 saturated heterocycles. The Morgan fingerprint density at radius 2 is 1.91 bits per heavy atom. The van der Waals surface area contributed by atoms with Crippen LogP contribution in [0, 0.1) is 0 Å². The topological polar surface area (TPSA) is 32.8 Å². The zero-order valence-corrected chi connectivity index (χ0v) is 13.5. The predicted octanol–water partition coefficient (Wildman–Crippen LogP) is 2.75. The fourth-order valence-electron chi connectivity index (χ4n) is 3.30. The van der Waals surface area contributed by atoms with E-state index in [1.165, 1.54) is 11.1 Å². The molecule has 1 amide bonds. The number of amides is 1. The van der Waals surface area contributed by atoms with Crippen molar-refractivity contribution in [2.24, 2.45) is 0 Å². The number of nitrogens with zero attached hydrogens (tertiary/aromatic N) is 2. The van der Waals surface area contributed by atoms with Gasteiger partial charge in [0.05, 0.1) is 12.8 Å². The Balaban J connectivity index is 1.71. The lowest BCUT2D eigenvalue weighted by Crippen LogP contribution is -2.39. The van der Waals surface area contributed by atoms with Gasteiger partial charge in [0.25, 0.3) is 5.91 Å². The van der Waals surface area contributed by atoms with Gasteiger partial charge < -0.3 is 9.64 Å². The van der Waals surface area contributed by atoms with Crippen LogP contribution in [-0.4, -0.2) is 29.1 Å². The monoisotopic (exact) mass is 324 g/mol. The van der Waals surface area contributed by atoms with E-state index in [0.29, 0.717) is 23.8 Å². The van der Waals surface area contributed by atoms with E-state index in [-0.39, 0.29) is 11.9 Å². The highest BCUT2D eigenvalue weighted by atomic mass is 32.1. The van der Waals surface area contributed by atoms with Crippen molar-refractivity contribution in [2.45, 2.75) is 19.0 Å². The molecule has 1 atom stereocenters. The highest BCUT2D eigenvalue weighted by Gasteiger charge is 2.45. The van der Waals surface area contributed by atoms with Gasteiger partial charge in [-0.15, -0.1) is 0 Å². The summed E-state index contributed by atoms with van der Waals surface area (Å²) in [6, 6.07) is 15.5. The predicted molar refractivity (Wildman–Crippen MR) is 92.6 cm³/mol. The average molecular weight is 324 g/mol. The SMILES string of the molecule is COc1cccc(N2C(=O)[C@H]3Cc4ccccc4CN3C2=S)c1. The Kier molecular flexibility index (Phi) is 3.31. The minimum Gasteiger partial charge on any atom is -0.497 e. The van der Waals surface area contributed by atoms with Crippen molar-refractivity contribution in [3.63, 3.8) is 0 Å². The number of carbonyl (C=O) groups is 1. The third kappa shape index (κ3) is 2.19. The van der Waals surface area contributed by atoms with E-state index in [4.69, 9.17) is 17.0 Å². The van der Waals surface area contributed by atoms with Crippen molar-refractivity contribution in [3.05, 3.63) is 59.7 Å². The van der Waals surface area contributed by atoms with Gasteiger partial charge >= 0.3 is 0 Å². The summed E-state index contributed by atoms with van der Waals surface area (Å²) in [5.41, 5.74) is 3.24. The zero-order valence-electron chi connectivity index (χ0n) is 12.7. The van der Waals surface area contributed by atoms with Crippen molar-refractivity contribution < 1.29 is 9.53 Å². The van der Waals surface area contributed by atoms with E-state index in [0.717, 1.165) is 5.69 Å². The van der Waals surface area contributed by atoms with E-state index in [9.17, 15) is 4.79 Å². The Hall–Kier alpha value is -2.40. The summed E-state index contributed by atoms with van der Waals surface area (Å²) in [5.74, 6) is 0.754. The number of fused-ring (bicyclic) bond motifs is 2. The van der Waals surface area contributed by atoms with Gasteiger partial charge in [0.1, 0.15) is 11.8 Å². The summed E-state index contributed by atoms with van der Waals surface area (Å²) in [6.45, 7) is 0.686. The number of thiocarbonyl (C=S) groups is 1. The molecular formula is C18H16N2O2S. The Labute approximate surface area is 140 Å². The molecule has 0 radical (unpaired) electrons. The van der Waals surface area contributed by atoms with Gasteiger partial charge in [-0.05, 0) is 35.5 Å². The summed E-state index contributed by atoms with van der Waals surface area (Å²) in [7, 11) is 1.61. The highest BCUT2D eigenvalue weighted by molar-refractivity contribution is 7.80. The van der Waals surface area contributed by atoms with Crippen molar-refractivity contribution in [2.75, 3.05) is 12.0 Å². The first kappa shape index (κ1) is 14.2. The summed E-state index contributed by atoms with van der Waals surface area (Å²) >= 11 is 5.60. The fraction of sp³-hybridized carbons (Fsp3) is 0.222. The van der Waals surface area contributed by atoms with Gasteiger partial charge in [-0.25, -0.2) is 0 Å². The molecule has 116 valence electrons. The van der Waals surface area contributed by atoms with Crippen LogP contribution < -0.4 is 9.64 Å². The Bertz CT molecular complexity index is 762. The molecule has 2 aliphatic heterocycles. The van der Waals surface area contributed by atoms with Crippen LogP contribution in [0.5, 0.6) is 5.75 Å². The van der Waals surface area contributed by atoms with Crippen LogP contribution in [0.3, 0.4) is 0 Å². The quantitative estimate of drug-likeness (QED) is 0.795. The molecule has 4 rings (SSSR count). The average Bonchev–Trinajstić information content (AvgIpc) is 2.83. The minimum absolute atomic E-state index is 0.0396. The number of hydrogen-bond acceptors (Lipinski definition) is 3. The first-order valence-corrected chi connectivity index (χ1v) is 7.95. The third-order valence-electron chi connectivity index (χ3n) is 4.50. The zero-order chi connectivity index (χ0) is 16.0. The van der Waals surface area contributed by atoms with E-state index in [2.05, 4.69) is 12.1 Å². The second kappa shape index (κ2) is 5.35. The maximum absolute atomic E-state index is 12.9. The van der Waals surface area contributed by atoms with Gasteiger partial charge in [-0.2, -0.15) is 0 Å². The number of ether oxygens (including phenoxy) is 1. The van der Waals surface area contributed by atoms with Crippen LogP contribution in [0.1, 0.15) is 11.1 Å². The van der Waals surface area contributed by atoms with Gasteiger partial charge in [-0.3, -0.25) is 9.69 Å². The van der Waals surface area contributed by atoms with E-state index in [1.54, 1.807) is 12.0 Å². The first-order valence-electron chi connectivity index (χ1n) is 7.54. The maximum Gasteiger partial charge on any atom is 0.256 e. The van der Waals surface area contributed by atoms with Crippen molar-refractivity contribution in [1.29, 1.82) is 0 Å². The molecule has 0 bridgehead atoms. The molecule has 2 heterocycles. The molecule has 0 aromatic heterocycles. The molecule has 2 aliphatic rings. The van der Waals surface area contributed by atoms with Crippen LogP contribution in [0.25, 0.3) is 0 Å². The van der Waals surface area contributed by atoms with Gasteiger partial charge in [0.15, 0.2) is 5.11 Å². The van der Waals surface area contributed by atoms with Gasteiger partial charge in [-0.1, -0.05) is 30.3 Å². The third-order valence-corrected chi connectivity index (χ3v) is 4.92. The second-order valence-corrected chi connectivity index (χ2v) is 6.14. The molecule has 2 aromatic rings. The van der Waals surface area contributed by atoms with Crippen LogP contribution >= 0.6 is 12.2 Å². The van der Waals surface area contributed by atoms with E-state index >= 15 is 0 Å². The number of methoxy groups -OCH3 is 1. The molecule has 4 nitrogen and oxygen atoms in total. The lowest BCUT2D eigenvalue weighted by atomic mass is 9.95. The number of hydrogen-bond donors (Lipinski definition) is 0. The number of carbonyl (C=O) groups excluding carboxylic acids is 1. The molecule has 5 heteroatoms. The molecule has 0 unspecified atom stereocenters. The molecule has 2 aromatic carbocycles.